The van der Waals surface area contributed by atoms with Crippen LogP contribution in [0.3, 0.4) is 0 Å². The van der Waals surface area contributed by atoms with Crippen LogP contribution >= 0.6 is 0 Å². The fourth-order valence-corrected chi connectivity index (χ4v) is 4.32. The minimum atomic E-state index is -0.328. The van der Waals surface area contributed by atoms with Gasteiger partial charge in [0, 0.05) is 41.7 Å². The van der Waals surface area contributed by atoms with Gasteiger partial charge in [0.1, 0.15) is 0 Å². The molecule has 8 nitrogen and oxygen atoms in total. The van der Waals surface area contributed by atoms with E-state index in [2.05, 4.69) is 18.7 Å². The number of rotatable bonds is 7. The smallest absolute Gasteiger partial charge is 0.265 e. The van der Waals surface area contributed by atoms with E-state index in [0.717, 1.165) is 26.3 Å². The van der Waals surface area contributed by atoms with Crippen molar-refractivity contribution in [1.29, 1.82) is 0 Å². The van der Waals surface area contributed by atoms with Gasteiger partial charge in [0.15, 0.2) is 11.5 Å². The first kappa shape index (κ1) is 23.8. The van der Waals surface area contributed by atoms with E-state index in [1.165, 1.54) is 11.7 Å². The number of pyridine rings is 1. The number of ether oxygens (including phenoxy) is 3. The van der Waals surface area contributed by atoms with Crippen molar-refractivity contribution in [2.75, 3.05) is 47.1 Å². The average molecular weight is 466 g/mol. The van der Waals surface area contributed by atoms with Gasteiger partial charge in [0.2, 0.25) is 5.88 Å². The minimum Gasteiger partial charge on any atom is -0.494 e. The van der Waals surface area contributed by atoms with Crippen molar-refractivity contribution < 1.29 is 19.3 Å². The monoisotopic (exact) mass is 465 g/mol. The third-order valence-electron chi connectivity index (χ3n) is 6.29. The van der Waals surface area contributed by atoms with Gasteiger partial charge in [-0.15, -0.1) is 0 Å². The molecule has 0 saturated carbocycles. The maximum atomic E-state index is 13.4. The first-order valence-corrected chi connectivity index (χ1v) is 11.3. The molecule has 1 saturated heterocycles. The van der Waals surface area contributed by atoms with Crippen molar-refractivity contribution in [3.63, 3.8) is 0 Å². The number of morpholine rings is 1. The Kier molecular flexibility index (Phi) is 6.90. The van der Waals surface area contributed by atoms with Gasteiger partial charge in [-0.05, 0) is 32.0 Å². The van der Waals surface area contributed by atoms with Crippen molar-refractivity contribution in [2.24, 2.45) is 4.99 Å². The van der Waals surface area contributed by atoms with Crippen molar-refractivity contribution in [1.82, 2.24) is 9.47 Å². The van der Waals surface area contributed by atoms with Gasteiger partial charge in [-0.3, -0.25) is 14.7 Å². The van der Waals surface area contributed by atoms with Crippen molar-refractivity contribution in [2.45, 2.75) is 19.4 Å². The molecule has 4 rings (SSSR count). The zero-order valence-electron chi connectivity index (χ0n) is 20.1. The summed E-state index contributed by atoms with van der Waals surface area (Å²) in [6.45, 7) is 8.00. The molecule has 1 aromatic heterocycles. The molecule has 8 heteroatoms. The van der Waals surface area contributed by atoms with Gasteiger partial charge in [0.25, 0.3) is 5.56 Å². The van der Waals surface area contributed by atoms with E-state index in [-0.39, 0.29) is 17.0 Å². The zero-order chi connectivity index (χ0) is 24.3. The lowest BCUT2D eigenvalue weighted by atomic mass is 10.0. The SMILES string of the molecule is COc1ccc(-n2c(O)c(C=NCC(C)(C)N3CCOCC3)c3ccccc3c2=O)cc1OC. The van der Waals surface area contributed by atoms with Crippen molar-refractivity contribution >= 4 is 17.0 Å². The van der Waals surface area contributed by atoms with Crippen LogP contribution < -0.4 is 15.0 Å². The van der Waals surface area contributed by atoms with E-state index in [0.29, 0.717) is 40.1 Å². The van der Waals surface area contributed by atoms with E-state index in [1.807, 2.05) is 18.2 Å². The maximum absolute atomic E-state index is 13.4. The maximum Gasteiger partial charge on any atom is 0.265 e. The lowest BCUT2D eigenvalue weighted by Gasteiger charge is -2.39. The Morgan fingerprint density at radius 3 is 2.41 bits per heavy atom. The summed E-state index contributed by atoms with van der Waals surface area (Å²) in [5.41, 5.74) is 0.465. The second-order valence-electron chi connectivity index (χ2n) is 8.84. The molecule has 0 aliphatic carbocycles. The Balaban J connectivity index is 1.78. The molecule has 0 radical (unpaired) electrons. The Morgan fingerprint density at radius 1 is 1.06 bits per heavy atom. The number of hydrogen-bond donors (Lipinski definition) is 1. The van der Waals surface area contributed by atoms with Crippen LogP contribution in [-0.4, -0.2) is 73.4 Å². The molecule has 2 heterocycles. The normalized spacial score (nSPS) is 15.2. The van der Waals surface area contributed by atoms with Crippen molar-refractivity contribution in [3.05, 3.63) is 58.4 Å². The van der Waals surface area contributed by atoms with Gasteiger partial charge >= 0.3 is 0 Å². The Morgan fingerprint density at radius 2 is 1.74 bits per heavy atom. The lowest BCUT2D eigenvalue weighted by molar-refractivity contribution is -0.00676. The number of hydrogen-bond acceptors (Lipinski definition) is 7. The summed E-state index contributed by atoms with van der Waals surface area (Å²) in [5.74, 6) is 0.817. The second-order valence-corrected chi connectivity index (χ2v) is 8.84. The summed E-state index contributed by atoms with van der Waals surface area (Å²) in [6, 6.07) is 12.3. The Bertz CT molecular complexity index is 1260. The number of aromatic hydroxyl groups is 1. The highest BCUT2D eigenvalue weighted by atomic mass is 16.5. The molecule has 1 aliphatic heterocycles. The molecule has 1 N–H and O–H groups in total. The molecular weight excluding hydrogens is 434 g/mol. The summed E-state index contributed by atoms with van der Waals surface area (Å²) < 4.78 is 17.4. The van der Waals surface area contributed by atoms with Crippen LogP contribution in [-0.2, 0) is 4.74 Å². The van der Waals surface area contributed by atoms with Gasteiger partial charge in [-0.1, -0.05) is 18.2 Å². The summed E-state index contributed by atoms with van der Waals surface area (Å²) in [4.78, 5) is 20.4. The van der Waals surface area contributed by atoms with E-state index < -0.39 is 0 Å². The number of aliphatic imine (C=N–C) groups is 1. The van der Waals surface area contributed by atoms with E-state index in [1.54, 1.807) is 37.6 Å². The van der Waals surface area contributed by atoms with Crippen LogP contribution in [0.2, 0.25) is 0 Å². The molecule has 0 amide bonds. The molecule has 1 fully saturated rings. The largest absolute Gasteiger partial charge is 0.494 e. The first-order chi connectivity index (χ1) is 16.4. The van der Waals surface area contributed by atoms with Crippen molar-refractivity contribution in [3.8, 4) is 23.1 Å². The molecule has 0 spiro atoms. The molecule has 0 atom stereocenters. The molecule has 0 unspecified atom stereocenters. The molecule has 1 aliphatic rings. The molecule has 2 aromatic carbocycles. The van der Waals surface area contributed by atoms with Gasteiger partial charge < -0.3 is 19.3 Å². The summed E-state index contributed by atoms with van der Waals surface area (Å²) in [6.07, 6.45) is 1.66. The number of benzene rings is 2. The number of aromatic nitrogens is 1. The Hall–Kier alpha value is -3.36. The standard InChI is InChI=1S/C26H31N3O5/c1-26(2,28-11-13-34-14-12-28)17-27-16-21-19-7-5-6-8-20(19)24(30)29(25(21)31)18-9-10-22(32-3)23(15-18)33-4/h5-10,15-16,31H,11-14,17H2,1-4H3. The van der Waals surface area contributed by atoms with Gasteiger partial charge in [-0.2, -0.15) is 0 Å². The topological polar surface area (TPSA) is 85.5 Å². The van der Waals surface area contributed by atoms with Gasteiger partial charge in [-0.25, -0.2) is 4.57 Å². The lowest BCUT2D eigenvalue weighted by Crippen LogP contribution is -2.51. The Labute approximate surface area is 199 Å². The number of methoxy groups -OCH3 is 2. The zero-order valence-corrected chi connectivity index (χ0v) is 20.1. The summed E-state index contributed by atoms with van der Waals surface area (Å²) >= 11 is 0. The van der Waals surface area contributed by atoms with Crippen LogP contribution in [0.5, 0.6) is 17.4 Å². The highest BCUT2D eigenvalue weighted by Gasteiger charge is 2.27. The molecule has 0 bridgehead atoms. The van der Waals surface area contributed by atoms with E-state index >= 15 is 0 Å². The van der Waals surface area contributed by atoms with E-state index in [4.69, 9.17) is 19.2 Å². The molecule has 180 valence electrons. The van der Waals surface area contributed by atoms with Crippen LogP contribution in [0, 0.1) is 0 Å². The minimum absolute atomic E-state index is 0.163. The first-order valence-electron chi connectivity index (χ1n) is 11.3. The third kappa shape index (κ3) is 4.51. The summed E-state index contributed by atoms with van der Waals surface area (Å²) in [5, 5.41) is 12.4. The van der Waals surface area contributed by atoms with Gasteiger partial charge in [0.05, 0.1) is 45.2 Å². The van der Waals surface area contributed by atoms with Crippen LogP contribution in [0.1, 0.15) is 19.4 Å². The molecular formula is C26H31N3O5. The predicted molar refractivity (Wildman–Crippen MR) is 133 cm³/mol. The fraction of sp³-hybridized carbons (Fsp3) is 0.385. The predicted octanol–water partition coefficient (Wildman–Crippen LogP) is 3.24. The molecule has 3 aromatic rings. The number of fused-ring (bicyclic) bond motifs is 1. The van der Waals surface area contributed by atoms with Crippen LogP contribution in [0.4, 0.5) is 0 Å². The third-order valence-corrected chi connectivity index (χ3v) is 6.29. The average Bonchev–Trinajstić information content (AvgIpc) is 2.86. The van der Waals surface area contributed by atoms with E-state index in [9.17, 15) is 9.90 Å². The van der Waals surface area contributed by atoms with Crippen LogP contribution in [0.15, 0.2) is 52.3 Å². The molecule has 34 heavy (non-hydrogen) atoms. The highest BCUT2D eigenvalue weighted by Crippen LogP contribution is 2.32. The van der Waals surface area contributed by atoms with Crippen LogP contribution in [0.25, 0.3) is 16.5 Å². The quantitative estimate of drug-likeness (QED) is 0.539. The fourth-order valence-electron chi connectivity index (χ4n) is 4.32. The second kappa shape index (κ2) is 9.87. The number of nitrogens with zero attached hydrogens (tertiary/aromatic N) is 3. The summed E-state index contributed by atoms with van der Waals surface area (Å²) in [7, 11) is 3.07. The highest BCUT2D eigenvalue weighted by molar-refractivity contribution is 6.01.